The van der Waals surface area contributed by atoms with Crippen molar-refractivity contribution >= 4 is 23.4 Å². The predicted molar refractivity (Wildman–Crippen MR) is 157 cm³/mol. The van der Waals surface area contributed by atoms with Gasteiger partial charge in [0.05, 0.1) is 0 Å². The maximum atomic E-state index is 13.3. The molecule has 0 spiro atoms. The average molecular weight is 551 g/mol. The SMILES string of the molecule is CC[C@@H](CNc1ccc(OCC(=O)OC(C)(C)C)cc1)NC(=O)[C@H](CC(C)C)Nc1cc(-c2ccccc2)on1. The van der Waals surface area contributed by atoms with Crippen LogP contribution in [-0.2, 0) is 14.3 Å². The first-order valence-electron chi connectivity index (χ1n) is 13.8. The first-order chi connectivity index (χ1) is 19.0. The van der Waals surface area contributed by atoms with Crippen molar-refractivity contribution in [1.29, 1.82) is 0 Å². The number of ether oxygens (including phenoxy) is 2. The highest BCUT2D eigenvalue weighted by atomic mass is 16.6. The number of hydrogen-bond donors (Lipinski definition) is 3. The number of carbonyl (C=O) groups is 2. The Labute approximate surface area is 237 Å². The zero-order chi connectivity index (χ0) is 29.1. The summed E-state index contributed by atoms with van der Waals surface area (Å²) >= 11 is 0. The smallest absolute Gasteiger partial charge is 0.344 e. The summed E-state index contributed by atoms with van der Waals surface area (Å²) in [7, 11) is 0. The lowest BCUT2D eigenvalue weighted by Gasteiger charge is -2.24. The van der Waals surface area contributed by atoms with Crippen molar-refractivity contribution in [3.63, 3.8) is 0 Å². The fourth-order valence-electron chi connectivity index (χ4n) is 3.99. The summed E-state index contributed by atoms with van der Waals surface area (Å²) in [6.07, 6.45) is 1.40. The van der Waals surface area contributed by atoms with Gasteiger partial charge in [0.25, 0.3) is 0 Å². The van der Waals surface area contributed by atoms with Crippen LogP contribution in [0.1, 0.15) is 54.4 Å². The Morgan fingerprint density at radius 2 is 1.73 bits per heavy atom. The molecule has 3 N–H and O–H groups in total. The fourth-order valence-corrected chi connectivity index (χ4v) is 3.99. The number of amides is 1. The number of aromatic nitrogens is 1. The van der Waals surface area contributed by atoms with Gasteiger partial charge < -0.3 is 29.9 Å². The number of esters is 1. The molecular weight excluding hydrogens is 508 g/mol. The van der Waals surface area contributed by atoms with E-state index in [4.69, 9.17) is 14.0 Å². The van der Waals surface area contributed by atoms with Crippen LogP contribution in [0.15, 0.2) is 65.2 Å². The minimum Gasteiger partial charge on any atom is -0.482 e. The summed E-state index contributed by atoms with van der Waals surface area (Å²) in [5, 5.41) is 13.9. The summed E-state index contributed by atoms with van der Waals surface area (Å²) < 4.78 is 16.3. The van der Waals surface area contributed by atoms with Crippen molar-refractivity contribution in [1.82, 2.24) is 10.5 Å². The largest absolute Gasteiger partial charge is 0.482 e. The molecular formula is C31H42N4O5. The lowest BCUT2D eigenvalue weighted by molar-refractivity contribution is -0.157. The first-order valence-corrected chi connectivity index (χ1v) is 13.8. The molecule has 2 atom stereocenters. The lowest BCUT2D eigenvalue weighted by Crippen LogP contribution is -2.47. The molecule has 0 saturated heterocycles. The van der Waals surface area contributed by atoms with Crippen LogP contribution in [-0.4, -0.2) is 47.9 Å². The van der Waals surface area contributed by atoms with Crippen LogP contribution in [0.4, 0.5) is 11.5 Å². The van der Waals surface area contributed by atoms with Gasteiger partial charge in [-0.3, -0.25) is 4.79 Å². The van der Waals surface area contributed by atoms with Crippen LogP contribution in [0.5, 0.6) is 5.75 Å². The molecule has 3 rings (SSSR count). The van der Waals surface area contributed by atoms with E-state index in [9.17, 15) is 9.59 Å². The Balaban J connectivity index is 1.52. The van der Waals surface area contributed by atoms with Gasteiger partial charge in [-0.05, 0) is 63.8 Å². The minimum atomic E-state index is -0.549. The van der Waals surface area contributed by atoms with Crippen molar-refractivity contribution < 1.29 is 23.6 Å². The van der Waals surface area contributed by atoms with E-state index in [1.165, 1.54) is 0 Å². The van der Waals surface area contributed by atoms with Crippen molar-refractivity contribution in [2.24, 2.45) is 5.92 Å². The molecule has 2 aromatic carbocycles. The fraction of sp³-hybridized carbons (Fsp3) is 0.452. The highest BCUT2D eigenvalue weighted by molar-refractivity contribution is 5.84. The summed E-state index contributed by atoms with van der Waals surface area (Å²) in [6, 6.07) is 18.3. The van der Waals surface area contributed by atoms with Gasteiger partial charge in [-0.25, -0.2) is 4.79 Å². The standard InChI is InChI=1S/C31H42N4O5/c1-7-23(19-32-24-13-15-25(16-14-24)38-20-29(36)39-31(4,5)6)33-30(37)26(17-21(2)3)34-28-18-27(40-35-28)22-11-9-8-10-12-22/h8-16,18,21,23,26,32H,7,17,19-20H2,1-6H3,(H,33,37)(H,34,35)/t23-,26-/m0/s1. The minimum absolute atomic E-state index is 0.0794. The third-order valence-corrected chi connectivity index (χ3v) is 5.94. The van der Waals surface area contributed by atoms with Gasteiger partial charge in [0.1, 0.15) is 17.4 Å². The van der Waals surface area contributed by atoms with Crippen LogP contribution < -0.4 is 20.7 Å². The molecule has 0 saturated carbocycles. The van der Waals surface area contributed by atoms with Crippen molar-refractivity contribution in [3.8, 4) is 17.1 Å². The molecule has 1 amide bonds. The maximum absolute atomic E-state index is 13.3. The molecule has 0 radical (unpaired) electrons. The number of carbonyl (C=O) groups excluding carboxylic acids is 2. The molecule has 1 aromatic heterocycles. The van der Waals surface area contributed by atoms with E-state index >= 15 is 0 Å². The van der Waals surface area contributed by atoms with Gasteiger partial charge in [0, 0.05) is 29.9 Å². The van der Waals surface area contributed by atoms with Crippen LogP contribution in [0, 0.1) is 5.92 Å². The number of nitrogens with one attached hydrogen (secondary N) is 3. The zero-order valence-corrected chi connectivity index (χ0v) is 24.3. The van der Waals surface area contributed by atoms with Gasteiger partial charge in [-0.15, -0.1) is 0 Å². The Morgan fingerprint density at radius 3 is 2.35 bits per heavy atom. The Bertz CT molecular complexity index is 1200. The van der Waals surface area contributed by atoms with Crippen LogP contribution in [0.25, 0.3) is 11.3 Å². The summed E-state index contributed by atoms with van der Waals surface area (Å²) in [6.45, 7) is 12.1. The van der Waals surface area contributed by atoms with Crippen LogP contribution in [0.2, 0.25) is 0 Å². The normalized spacial score (nSPS) is 12.9. The van der Waals surface area contributed by atoms with Gasteiger partial charge in [-0.2, -0.15) is 0 Å². The second-order valence-corrected chi connectivity index (χ2v) is 11.2. The lowest BCUT2D eigenvalue weighted by atomic mass is 10.0. The molecule has 0 unspecified atom stereocenters. The quantitative estimate of drug-likeness (QED) is 0.213. The molecule has 216 valence electrons. The molecule has 9 heteroatoms. The topological polar surface area (TPSA) is 115 Å². The van der Waals surface area contributed by atoms with Crippen LogP contribution in [0.3, 0.4) is 0 Å². The number of anilines is 2. The van der Waals surface area contributed by atoms with Gasteiger partial charge in [-0.1, -0.05) is 56.3 Å². The first kappa shape index (κ1) is 30.5. The van der Waals surface area contributed by atoms with Crippen molar-refractivity contribution in [3.05, 3.63) is 60.7 Å². The number of hydrogen-bond acceptors (Lipinski definition) is 8. The van der Waals surface area contributed by atoms with Gasteiger partial charge in [0.15, 0.2) is 18.2 Å². The second kappa shape index (κ2) is 14.4. The van der Waals surface area contributed by atoms with E-state index in [1.54, 1.807) is 12.1 Å². The van der Waals surface area contributed by atoms with Gasteiger partial charge in [0.2, 0.25) is 5.91 Å². The monoisotopic (exact) mass is 550 g/mol. The molecule has 40 heavy (non-hydrogen) atoms. The van der Waals surface area contributed by atoms with E-state index in [0.29, 0.717) is 36.2 Å². The third-order valence-electron chi connectivity index (χ3n) is 5.94. The highest BCUT2D eigenvalue weighted by Crippen LogP contribution is 2.23. The predicted octanol–water partition coefficient (Wildman–Crippen LogP) is 5.90. The van der Waals surface area contributed by atoms with E-state index in [1.807, 2.05) is 76.2 Å². The Hall–Kier alpha value is -4.01. The molecule has 1 heterocycles. The molecule has 3 aromatic rings. The van der Waals surface area contributed by atoms with Gasteiger partial charge >= 0.3 is 5.97 Å². The Kier molecular flexibility index (Phi) is 11.0. The molecule has 0 aliphatic rings. The van der Waals surface area contributed by atoms with E-state index in [-0.39, 0.29) is 18.6 Å². The number of rotatable bonds is 14. The zero-order valence-electron chi connectivity index (χ0n) is 24.3. The number of benzene rings is 2. The van der Waals surface area contributed by atoms with Crippen LogP contribution >= 0.6 is 0 Å². The summed E-state index contributed by atoms with van der Waals surface area (Å²) in [5.41, 5.74) is 1.25. The maximum Gasteiger partial charge on any atom is 0.344 e. The van der Waals surface area contributed by atoms with E-state index < -0.39 is 17.6 Å². The summed E-state index contributed by atoms with van der Waals surface area (Å²) in [5.74, 6) is 1.54. The van der Waals surface area contributed by atoms with Crippen molar-refractivity contribution in [2.45, 2.75) is 72.1 Å². The molecule has 0 bridgehead atoms. The van der Waals surface area contributed by atoms with Crippen molar-refractivity contribution in [2.75, 3.05) is 23.8 Å². The molecule has 9 nitrogen and oxygen atoms in total. The second-order valence-electron chi connectivity index (χ2n) is 11.2. The molecule has 0 fully saturated rings. The summed E-state index contributed by atoms with van der Waals surface area (Å²) in [4.78, 5) is 25.1. The Morgan fingerprint density at radius 1 is 1.02 bits per heavy atom. The molecule has 0 aliphatic carbocycles. The van der Waals surface area contributed by atoms with E-state index in [2.05, 4.69) is 35.0 Å². The number of nitrogens with zero attached hydrogens (tertiary/aromatic N) is 1. The molecule has 0 aliphatic heterocycles. The third kappa shape index (κ3) is 10.3. The van der Waals surface area contributed by atoms with E-state index in [0.717, 1.165) is 17.7 Å². The average Bonchev–Trinajstić information content (AvgIpc) is 3.38. The highest BCUT2D eigenvalue weighted by Gasteiger charge is 2.23.